The van der Waals surface area contributed by atoms with E-state index in [9.17, 15) is 14.7 Å². The second-order valence-electron chi connectivity index (χ2n) is 8.97. The molecule has 3 rings (SSSR count). The summed E-state index contributed by atoms with van der Waals surface area (Å²) in [5.74, 6) is 0.0313. The molecule has 0 aliphatic rings. The first-order chi connectivity index (χ1) is 19.7. The van der Waals surface area contributed by atoms with Gasteiger partial charge in [-0.05, 0) is 79.1 Å². The van der Waals surface area contributed by atoms with Crippen LogP contribution in [0.3, 0.4) is 0 Å². The first kappa shape index (κ1) is 32.7. The molecule has 0 saturated heterocycles. The number of carboxylic acids is 1. The van der Waals surface area contributed by atoms with Crippen molar-refractivity contribution < 1.29 is 33.6 Å². The van der Waals surface area contributed by atoms with Crippen LogP contribution in [0.25, 0.3) is 0 Å². The van der Waals surface area contributed by atoms with Gasteiger partial charge in [0.15, 0.2) is 6.10 Å². The van der Waals surface area contributed by atoms with Crippen LogP contribution in [0.4, 0.5) is 4.79 Å². The monoisotopic (exact) mass is 667 g/mol. The van der Waals surface area contributed by atoms with Gasteiger partial charge in [-0.2, -0.15) is 0 Å². The molecule has 1 amide bonds. The third-order valence-corrected chi connectivity index (χ3v) is 6.77. The van der Waals surface area contributed by atoms with Crippen LogP contribution in [0.1, 0.15) is 24.5 Å². The number of ether oxygens (including phenoxy) is 4. The molecule has 0 spiro atoms. The van der Waals surface area contributed by atoms with Gasteiger partial charge in [0.1, 0.15) is 18.1 Å². The molecular weight excluding hydrogens is 637 g/mol. The first-order valence-corrected chi connectivity index (χ1v) is 14.6. The van der Waals surface area contributed by atoms with E-state index in [4.69, 9.17) is 42.1 Å². The summed E-state index contributed by atoms with van der Waals surface area (Å²) in [4.78, 5) is 25.9. The van der Waals surface area contributed by atoms with Crippen molar-refractivity contribution in [2.75, 3.05) is 32.9 Å². The van der Waals surface area contributed by atoms with E-state index in [0.29, 0.717) is 54.3 Å². The normalized spacial score (nSPS) is 11.6. The van der Waals surface area contributed by atoms with Crippen molar-refractivity contribution in [1.82, 2.24) is 4.90 Å². The molecule has 0 aliphatic heterocycles. The van der Waals surface area contributed by atoms with Crippen molar-refractivity contribution in [3.8, 4) is 11.5 Å². The highest BCUT2D eigenvalue weighted by molar-refractivity contribution is 9.10. The largest absolute Gasteiger partial charge is 0.492 e. The molecule has 3 aromatic rings. The fraction of sp³-hybridized carbons (Fsp3) is 0.333. The maximum atomic E-state index is 13.0. The van der Waals surface area contributed by atoms with Gasteiger partial charge in [-0.15, -0.1) is 0 Å². The van der Waals surface area contributed by atoms with E-state index in [0.717, 1.165) is 15.6 Å². The van der Waals surface area contributed by atoms with E-state index in [1.807, 2.05) is 0 Å². The van der Waals surface area contributed by atoms with Crippen LogP contribution >= 0.6 is 39.1 Å². The van der Waals surface area contributed by atoms with Crippen molar-refractivity contribution in [2.45, 2.75) is 32.5 Å². The molecule has 220 valence electrons. The van der Waals surface area contributed by atoms with Gasteiger partial charge in [-0.25, -0.2) is 9.59 Å². The van der Waals surface area contributed by atoms with E-state index < -0.39 is 18.2 Å². The Morgan fingerprint density at radius 1 is 0.902 bits per heavy atom. The van der Waals surface area contributed by atoms with Crippen molar-refractivity contribution in [3.05, 3.63) is 92.4 Å². The molecule has 0 fully saturated rings. The topological polar surface area (TPSA) is 94.5 Å². The van der Waals surface area contributed by atoms with Crippen molar-refractivity contribution in [1.29, 1.82) is 0 Å². The third-order valence-electron chi connectivity index (χ3n) is 5.80. The number of carbonyl (C=O) groups is 2. The molecule has 41 heavy (non-hydrogen) atoms. The van der Waals surface area contributed by atoms with Crippen molar-refractivity contribution in [3.63, 3.8) is 0 Å². The van der Waals surface area contributed by atoms with Crippen molar-refractivity contribution in [2.24, 2.45) is 0 Å². The van der Waals surface area contributed by atoms with Crippen LogP contribution in [-0.4, -0.2) is 61.1 Å². The number of benzene rings is 3. The SMILES string of the molecule is CCOC(Cc1ccc(OCCN(CCCOCc2cc(Cl)cc(Cl)c2)C(=O)Oc2ccc(Br)cc2)cc1)C(=O)O. The number of nitrogens with zero attached hydrogens (tertiary/aromatic N) is 1. The lowest BCUT2D eigenvalue weighted by Gasteiger charge is -2.22. The Morgan fingerprint density at radius 3 is 2.20 bits per heavy atom. The molecule has 1 unspecified atom stereocenters. The van der Waals surface area contributed by atoms with Gasteiger partial charge >= 0.3 is 12.1 Å². The summed E-state index contributed by atoms with van der Waals surface area (Å²) in [6, 6.07) is 19.4. The summed E-state index contributed by atoms with van der Waals surface area (Å²) in [6.07, 6.45) is -0.568. The molecule has 0 bridgehead atoms. The number of amides is 1. The van der Waals surface area contributed by atoms with E-state index in [-0.39, 0.29) is 19.6 Å². The summed E-state index contributed by atoms with van der Waals surface area (Å²) in [5.41, 5.74) is 1.68. The maximum Gasteiger partial charge on any atom is 0.415 e. The molecule has 8 nitrogen and oxygen atoms in total. The number of carbonyl (C=O) groups excluding carboxylic acids is 1. The Bertz CT molecular complexity index is 1240. The maximum absolute atomic E-state index is 13.0. The zero-order chi connectivity index (χ0) is 29.6. The Morgan fingerprint density at radius 2 is 1.56 bits per heavy atom. The second kappa shape index (κ2) is 17.2. The minimum absolute atomic E-state index is 0.230. The zero-order valence-corrected chi connectivity index (χ0v) is 25.7. The molecular formula is C30H32BrCl2NO7. The fourth-order valence-corrected chi connectivity index (χ4v) is 4.67. The highest BCUT2D eigenvalue weighted by Crippen LogP contribution is 2.20. The number of halogens is 3. The Kier molecular flexibility index (Phi) is 13.7. The summed E-state index contributed by atoms with van der Waals surface area (Å²) >= 11 is 15.5. The minimum atomic E-state index is -0.999. The lowest BCUT2D eigenvalue weighted by molar-refractivity contribution is -0.149. The highest BCUT2D eigenvalue weighted by Gasteiger charge is 2.18. The van der Waals surface area contributed by atoms with Crippen LogP contribution in [-0.2, 0) is 27.3 Å². The Balaban J connectivity index is 1.52. The Labute approximate surface area is 258 Å². The Hall–Kier alpha value is -2.82. The van der Waals surface area contributed by atoms with Crippen molar-refractivity contribution >= 4 is 51.2 Å². The molecule has 0 radical (unpaired) electrons. The lowest BCUT2D eigenvalue weighted by atomic mass is 10.1. The van der Waals surface area contributed by atoms with Gasteiger partial charge in [0.05, 0.1) is 13.2 Å². The molecule has 1 atom stereocenters. The minimum Gasteiger partial charge on any atom is -0.492 e. The number of rotatable bonds is 16. The molecule has 0 heterocycles. The van der Waals surface area contributed by atoms with E-state index in [2.05, 4.69) is 15.9 Å². The summed E-state index contributed by atoms with van der Waals surface area (Å²) in [5, 5.41) is 10.4. The summed E-state index contributed by atoms with van der Waals surface area (Å²) < 4.78 is 23.3. The second-order valence-corrected chi connectivity index (χ2v) is 10.8. The summed E-state index contributed by atoms with van der Waals surface area (Å²) in [6.45, 7) is 3.74. The van der Waals surface area contributed by atoms with Gasteiger partial charge < -0.3 is 29.0 Å². The average Bonchev–Trinajstić information content (AvgIpc) is 2.93. The average molecular weight is 669 g/mol. The van der Waals surface area contributed by atoms with E-state index >= 15 is 0 Å². The zero-order valence-electron chi connectivity index (χ0n) is 22.6. The number of aliphatic carboxylic acids is 1. The molecule has 3 aromatic carbocycles. The number of hydrogen-bond acceptors (Lipinski definition) is 6. The molecule has 11 heteroatoms. The molecule has 0 aliphatic carbocycles. The standard InChI is InChI=1S/C30H32BrCl2NO7/c1-2-39-28(29(35)36)18-21-4-8-26(9-5-21)40-15-13-34(30(37)41-27-10-6-23(31)7-11-27)12-3-14-38-20-22-16-24(32)19-25(33)17-22/h4-11,16-17,19,28H,2-3,12-15,18,20H2,1H3,(H,35,36). The van der Waals surface area contributed by atoms with Gasteiger partial charge in [-0.3, -0.25) is 0 Å². The molecule has 0 saturated carbocycles. The van der Waals surface area contributed by atoms with Crippen LogP contribution in [0.5, 0.6) is 11.5 Å². The third kappa shape index (κ3) is 11.9. The predicted octanol–water partition coefficient (Wildman–Crippen LogP) is 7.27. The van der Waals surface area contributed by atoms with Crippen LogP contribution in [0.15, 0.2) is 71.2 Å². The van der Waals surface area contributed by atoms with Crippen LogP contribution in [0, 0.1) is 0 Å². The number of hydrogen-bond donors (Lipinski definition) is 1. The van der Waals surface area contributed by atoms with E-state index in [1.165, 1.54) is 0 Å². The quantitative estimate of drug-likeness (QED) is 0.160. The van der Waals surface area contributed by atoms with Crippen LogP contribution in [0.2, 0.25) is 10.0 Å². The lowest BCUT2D eigenvalue weighted by Crippen LogP contribution is -2.38. The van der Waals surface area contributed by atoms with Gasteiger partial charge in [0, 0.05) is 40.7 Å². The molecule has 1 N–H and O–H groups in total. The van der Waals surface area contributed by atoms with Crippen LogP contribution < -0.4 is 9.47 Å². The van der Waals surface area contributed by atoms with Gasteiger partial charge in [0.2, 0.25) is 0 Å². The van der Waals surface area contributed by atoms with E-state index in [1.54, 1.807) is 78.6 Å². The summed E-state index contributed by atoms with van der Waals surface area (Å²) in [7, 11) is 0. The van der Waals surface area contributed by atoms with Gasteiger partial charge in [0.25, 0.3) is 0 Å². The van der Waals surface area contributed by atoms with Gasteiger partial charge in [-0.1, -0.05) is 51.3 Å². The smallest absolute Gasteiger partial charge is 0.415 e. The highest BCUT2D eigenvalue weighted by atomic mass is 79.9. The molecule has 0 aromatic heterocycles. The fourth-order valence-electron chi connectivity index (χ4n) is 3.83. The first-order valence-electron chi connectivity index (χ1n) is 13.0. The number of carboxylic acid groups (broad SMARTS) is 1. The predicted molar refractivity (Wildman–Crippen MR) is 161 cm³/mol.